The molecule has 0 amide bonds. The molecule has 0 radical (unpaired) electrons. The number of anilines is 1. The second kappa shape index (κ2) is 6.71. The summed E-state index contributed by atoms with van der Waals surface area (Å²) in [5, 5.41) is 21.3. The molecule has 1 aromatic rings. The zero-order chi connectivity index (χ0) is 16.3. The second-order valence-corrected chi connectivity index (χ2v) is 4.62. The average Bonchev–Trinajstić information content (AvgIpc) is 2.92. The molecule has 3 N–H and O–H groups in total. The standard InChI is InChI=1S/C14H19NO7/c1-19-11-8-6-22-14(18)9(8)10(15-4-7(17)5-16)12(20-2)13(11)21-3/h7,15-17H,4-6H2,1-3H3. The maximum Gasteiger partial charge on any atom is 0.341 e. The minimum atomic E-state index is -0.981. The molecule has 0 aliphatic carbocycles. The summed E-state index contributed by atoms with van der Waals surface area (Å²) in [6, 6.07) is 0. The first kappa shape index (κ1) is 16.2. The number of hydrogen-bond acceptors (Lipinski definition) is 8. The zero-order valence-electron chi connectivity index (χ0n) is 12.6. The van der Waals surface area contributed by atoms with E-state index in [1.165, 1.54) is 21.3 Å². The highest BCUT2D eigenvalue weighted by molar-refractivity contribution is 6.03. The number of aliphatic hydroxyl groups is 2. The van der Waals surface area contributed by atoms with Gasteiger partial charge in [-0.15, -0.1) is 0 Å². The van der Waals surface area contributed by atoms with Gasteiger partial charge >= 0.3 is 5.97 Å². The van der Waals surface area contributed by atoms with E-state index in [-0.39, 0.29) is 24.5 Å². The van der Waals surface area contributed by atoms with E-state index in [2.05, 4.69) is 5.32 Å². The molecule has 0 saturated heterocycles. The molecule has 0 fully saturated rings. The van der Waals surface area contributed by atoms with Gasteiger partial charge in [0.15, 0.2) is 11.5 Å². The van der Waals surface area contributed by atoms with Crippen LogP contribution in [0.2, 0.25) is 0 Å². The van der Waals surface area contributed by atoms with Gasteiger partial charge in [0.1, 0.15) is 6.61 Å². The van der Waals surface area contributed by atoms with Gasteiger partial charge in [0.25, 0.3) is 0 Å². The highest BCUT2D eigenvalue weighted by Crippen LogP contribution is 2.50. The lowest BCUT2D eigenvalue weighted by molar-refractivity contribution is 0.0534. The molecule has 1 aliphatic heterocycles. The fourth-order valence-corrected chi connectivity index (χ4v) is 2.35. The second-order valence-electron chi connectivity index (χ2n) is 4.62. The molecule has 8 nitrogen and oxygen atoms in total. The third-order valence-corrected chi connectivity index (χ3v) is 3.35. The third-order valence-electron chi connectivity index (χ3n) is 3.35. The summed E-state index contributed by atoms with van der Waals surface area (Å²) in [4.78, 5) is 12.0. The Morgan fingerprint density at radius 3 is 2.36 bits per heavy atom. The van der Waals surface area contributed by atoms with Crippen molar-refractivity contribution in [1.29, 1.82) is 0 Å². The van der Waals surface area contributed by atoms with Crippen LogP contribution in [0.4, 0.5) is 5.69 Å². The number of benzene rings is 1. The van der Waals surface area contributed by atoms with Crippen LogP contribution in [0.5, 0.6) is 17.2 Å². The van der Waals surface area contributed by atoms with E-state index in [0.717, 1.165) is 0 Å². The topological polar surface area (TPSA) is 106 Å². The third kappa shape index (κ3) is 2.62. The number of carbonyl (C=O) groups excluding carboxylic acids is 1. The summed E-state index contributed by atoms with van der Waals surface area (Å²) in [6.07, 6.45) is -0.981. The van der Waals surface area contributed by atoms with Crippen LogP contribution in [0.25, 0.3) is 0 Å². The van der Waals surface area contributed by atoms with E-state index in [9.17, 15) is 9.90 Å². The van der Waals surface area contributed by atoms with E-state index in [1.54, 1.807) is 0 Å². The zero-order valence-corrected chi connectivity index (χ0v) is 12.6. The Hall–Kier alpha value is -2.19. The Morgan fingerprint density at radius 2 is 1.82 bits per heavy atom. The minimum Gasteiger partial charge on any atom is -0.492 e. The van der Waals surface area contributed by atoms with Gasteiger partial charge in [-0.05, 0) is 0 Å². The molecule has 0 spiro atoms. The van der Waals surface area contributed by atoms with Crippen molar-refractivity contribution >= 4 is 11.7 Å². The van der Waals surface area contributed by atoms with Crippen molar-refractivity contribution in [3.8, 4) is 17.2 Å². The van der Waals surface area contributed by atoms with Crippen LogP contribution < -0.4 is 19.5 Å². The van der Waals surface area contributed by atoms with Crippen molar-refractivity contribution in [2.24, 2.45) is 0 Å². The van der Waals surface area contributed by atoms with Crippen LogP contribution in [0.15, 0.2) is 0 Å². The molecule has 2 rings (SSSR count). The van der Waals surface area contributed by atoms with E-state index in [4.69, 9.17) is 24.1 Å². The minimum absolute atomic E-state index is 0.0298. The van der Waals surface area contributed by atoms with E-state index in [0.29, 0.717) is 22.7 Å². The van der Waals surface area contributed by atoms with Crippen LogP contribution in [0, 0.1) is 0 Å². The number of esters is 1. The van der Waals surface area contributed by atoms with Gasteiger partial charge in [-0.3, -0.25) is 0 Å². The lowest BCUT2D eigenvalue weighted by atomic mass is 10.0. The van der Waals surface area contributed by atoms with E-state index < -0.39 is 18.7 Å². The van der Waals surface area contributed by atoms with Crippen LogP contribution >= 0.6 is 0 Å². The monoisotopic (exact) mass is 313 g/mol. The van der Waals surface area contributed by atoms with E-state index >= 15 is 0 Å². The van der Waals surface area contributed by atoms with Gasteiger partial charge in [-0.25, -0.2) is 4.79 Å². The van der Waals surface area contributed by atoms with Crippen LogP contribution in [-0.4, -0.2) is 56.8 Å². The predicted molar refractivity (Wildman–Crippen MR) is 76.8 cm³/mol. The lowest BCUT2D eigenvalue weighted by Gasteiger charge is -2.20. The summed E-state index contributed by atoms with van der Waals surface area (Å²) in [7, 11) is 4.34. The molecule has 1 atom stereocenters. The molecular weight excluding hydrogens is 294 g/mol. The normalized spacial score (nSPS) is 14.1. The summed E-state index contributed by atoms with van der Waals surface area (Å²) in [5.74, 6) is 0.439. The maximum absolute atomic E-state index is 12.0. The largest absolute Gasteiger partial charge is 0.492 e. The Balaban J connectivity index is 2.59. The highest BCUT2D eigenvalue weighted by atomic mass is 16.5. The van der Waals surface area contributed by atoms with Crippen molar-refractivity contribution in [2.45, 2.75) is 12.7 Å². The number of nitrogens with one attached hydrogen (secondary N) is 1. The maximum atomic E-state index is 12.0. The molecule has 1 heterocycles. The highest BCUT2D eigenvalue weighted by Gasteiger charge is 2.35. The average molecular weight is 313 g/mol. The van der Waals surface area contributed by atoms with Gasteiger partial charge in [0.05, 0.1) is 50.9 Å². The fraction of sp³-hybridized carbons (Fsp3) is 0.500. The number of methoxy groups -OCH3 is 3. The fourth-order valence-electron chi connectivity index (χ4n) is 2.35. The molecule has 1 aromatic carbocycles. The molecule has 0 bridgehead atoms. The number of aliphatic hydroxyl groups excluding tert-OH is 2. The lowest BCUT2D eigenvalue weighted by Crippen LogP contribution is -2.24. The smallest absolute Gasteiger partial charge is 0.341 e. The first-order chi connectivity index (χ1) is 10.6. The molecule has 8 heteroatoms. The molecule has 0 saturated carbocycles. The molecule has 1 aliphatic rings. The van der Waals surface area contributed by atoms with Crippen LogP contribution in [-0.2, 0) is 11.3 Å². The van der Waals surface area contributed by atoms with Gasteiger partial charge in [0, 0.05) is 6.54 Å². The first-order valence-corrected chi connectivity index (χ1v) is 6.63. The molecule has 0 aromatic heterocycles. The molecular formula is C14H19NO7. The number of carbonyl (C=O) groups is 1. The number of fused-ring (bicyclic) bond motifs is 1. The Labute approximate surface area is 127 Å². The molecule has 1 unspecified atom stereocenters. The van der Waals surface area contributed by atoms with Crippen LogP contribution in [0.1, 0.15) is 15.9 Å². The van der Waals surface area contributed by atoms with Crippen molar-refractivity contribution in [3.05, 3.63) is 11.1 Å². The Bertz CT molecular complexity index is 573. The molecule has 122 valence electrons. The van der Waals surface area contributed by atoms with E-state index in [1.807, 2.05) is 0 Å². The SMILES string of the molecule is COc1c2c(c(NCC(O)CO)c(OC)c1OC)C(=O)OC2. The Kier molecular flexibility index (Phi) is 4.94. The summed E-state index contributed by atoms with van der Waals surface area (Å²) >= 11 is 0. The summed E-state index contributed by atoms with van der Waals surface area (Å²) in [6.45, 7) is -0.313. The van der Waals surface area contributed by atoms with Crippen LogP contribution in [0.3, 0.4) is 0 Å². The van der Waals surface area contributed by atoms with Crippen molar-refractivity contribution < 1.29 is 34.0 Å². The van der Waals surface area contributed by atoms with Gasteiger partial charge in [-0.2, -0.15) is 0 Å². The first-order valence-electron chi connectivity index (χ1n) is 6.63. The van der Waals surface area contributed by atoms with Crippen molar-refractivity contribution in [2.75, 3.05) is 39.8 Å². The number of cyclic esters (lactones) is 1. The van der Waals surface area contributed by atoms with Gasteiger partial charge in [0.2, 0.25) is 5.75 Å². The van der Waals surface area contributed by atoms with Crippen molar-refractivity contribution in [3.63, 3.8) is 0 Å². The summed E-state index contributed by atoms with van der Waals surface area (Å²) in [5.41, 5.74) is 1.16. The quantitative estimate of drug-likeness (QED) is 0.611. The van der Waals surface area contributed by atoms with Gasteiger partial charge in [-0.1, -0.05) is 0 Å². The number of ether oxygens (including phenoxy) is 4. The number of hydrogen-bond donors (Lipinski definition) is 3. The number of rotatable bonds is 7. The molecule has 22 heavy (non-hydrogen) atoms. The predicted octanol–water partition coefficient (Wildman–Crippen LogP) is 0.148. The Morgan fingerprint density at radius 1 is 1.18 bits per heavy atom. The van der Waals surface area contributed by atoms with Crippen molar-refractivity contribution in [1.82, 2.24) is 0 Å². The summed E-state index contributed by atoms with van der Waals surface area (Å²) < 4.78 is 21.0. The van der Waals surface area contributed by atoms with Gasteiger partial charge < -0.3 is 34.5 Å².